The van der Waals surface area contributed by atoms with Gasteiger partial charge in [0.25, 0.3) is 0 Å². The first-order chi connectivity index (χ1) is 5.61. The molecule has 2 nitrogen and oxygen atoms in total. The summed E-state index contributed by atoms with van der Waals surface area (Å²) in [6.07, 6.45) is 3.36. The Bertz CT molecular complexity index is 136. The van der Waals surface area contributed by atoms with Gasteiger partial charge < -0.3 is 9.64 Å². The molecular formula is C10H21NO. The Morgan fingerprint density at radius 2 is 2.00 bits per heavy atom. The van der Waals surface area contributed by atoms with Crippen molar-refractivity contribution in [2.45, 2.75) is 51.9 Å². The fraction of sp³-hybridized carbons (Fsp3) is 1.00. The van der Waals surface area contributed by atoms with Crippen molar-refractivity contribution in [2.24, 2.45) is 0 Å². The van der Waals surface area contributed by atoms with Crippen LogP contribution in [-0.2, 0) is 4.74 Å². The number of ether oxygens (including phenoxy) is 1. The molecule has 1 aliphatic rings. The van der Waals surface area contributed by atoms with Gasteiger partial charge in [-0.2, -0.15) is 0 Å². The van der Waals surface area contributed by atoms with Crippen molar-refractivity contribution in [3.63, 3.8) is 0 Å². The summed E-state index contributed by atoms with van der Waals surface area (Å²) in [6, 6.07) is 0.646. The van der Waals surface area contributed by atoms with Crippen LogP contribution in [0.4, 0.5) is 0 Å². The minimum atomic E-state index is 0.356. The number of rotatable bonds is 3. The van der Waals surface area contributed by atoms with Crippen LogP contribution in [0.2, 0.25) is 0 Å². The number of hydrogen-bond donors (Lipinski definition) is 0. The number of hydrogen-bond acceptors (Lipinski definition) is 2. The molecule has 2 heteroatoms. The molecule has 0 aromatic heterocycles. The van der Waals surface area contributed by atoms with Gasteiger partial charge in [0.05, 0.1) is 12.2 Å². The summed E-state index contributed by atoms with van der Waals surface area (Å²) in [7, 11) is 2.19. The zero-order chi connectivity index (χ0) is 9.14. The standard InChI is InChI=1S/C10H21NO/c1-8(2)12-9(3)10-6-5-7-11(10)4/h8-10H,5-7H2,1-4H3/t9-,10?/m0/s1. The molecule has 0 bridgehead atoms. The largest absolute Gasteiger partial charge is 0.374 e. The van der Waals surface area contributed by atoms with Crippen molar-refractivity contribution in [3.8, 4) is 0 Å². The maximum absolute atomic E-state index is 5.76. The second kappa shape index (κ2) is 4.24. The highest BCUT2D eigenvalue weighted by Gasteiger charge is 2.27. The van der Waals surface area contributed by atoms with E-state index >= 15 is 0 Å². The van der Waals surface area contributed by atoms with Gasteiger partial charge in [0, 0.05) is 6.04 Å². The lowest BCUT2D eigenvalue weighted by Crippen LogP contribution is -2.37. The monoisotopic (exact) mass is 171 g/mol. The van der Waals surface area contributed by atoms with Gasteiger partial charge in [0.1, 0.15) is 0 Å². The van der Waals surface area contributed by atoms with Gasteiger partial charge in [-0.3, -0.25) is 0 Å². The van der Waals surface area contributed by atoms with Crippen LogP contribution in [0.5, 0.6) is 0 Å². The van der Waals surface area contributed by atoms with Crippen molar-refractivity contribution < 1.29 is 4.74 Å². The second-order valence-corrected chi connectivity index (χ2v) is 4.08. The normalized spacial score (nSPS) is 28.2. The third-order valence-corrected chi connectivity index (χ3v) is 2.61. The highest BCUT2D eigenvalue weighted by Crippen LogP contribution is 2.20. The Morgan fingerprint density at radius 3 is 2.42 bits per heavy atom. The topological polar surface area (TPSA) is 12.5 Å². The smallest absolute Gasteiger partial charge is 0.0705 e. The van der Waals surface area contributed by atoms with Crippen LogP contribution in [-0.4, -0.2) is 36.7 Å². The molecule has 0 spiro atoms. The average molecular weight is 171 g/mol. The van der Waals surface area contributed by atoms with Gasteiger partial charge in [0.2, 0.25) is 0 Å². The van der Waals surface area contributed by atoms with Crippen molar-refractivity contribution >= 4 is 0 Å². The number of nitrogens with zero attached hydrogens (tertiary/aromatic N) is 1. The summed E-state index contributed by atoms with van der Waals surface area (Å²) in [4.78, 5) is 2.41. The van der Waals surface area contributed by atoms with E-state index in [-0.39, 0.29) is 0 Å². The van der Waals surface area contributed by atoms with Crippen molar-refractivity contribution in [3.05, 3.63) is 0 Å². The zero-order valence-electron chi connectivity index (χ0n) is 8.71. The Morgan fingerprint density at radius 1 is 1.33 bits per heavy atom. The van der Waals surface area contributed by atoms with E-state index < -0.39 is 0 Å². The van der Waals surface area contributed by atoms with Crippen LogP contribution in [0.25, 0.3) is 0 Å². The fourth-order valence-electron chi connectivity index (χ4n) is 2.05. The van der Waals surface area contributed by atoms with Crippen molar-refractivity contribution in [1.82, 2.24) is 4.90 Å². The summed E-state index contributed by atoms with van der Waals surface area (Å²) < 4.78 is 5.76. The average Bonchev–Trinajstić information content (AvgIpc) is 2.33. The quantitative estimate of drug-likeness (QED) is 0.643. The molecule has 1 aliphatic heterocycles. The molecule has 1 rings (SSSR count). The van der Waals surface area contributed by atoms with Crippen LogP contribution in [0.15, 0.2) is 0 Å². The predicted molar refractivity (Wildman–Crippen MR) is 51.3 cm³/mol. The lowest BCUT2D eigenvalue weighted by molar-refractivity contribution is -0.0201. The molecule has 1 heterocycles. The van der Waals surface area contributed by atoms with E-state index in [1.807, 2.05) is 0 Å². The molecular weight excluding hydrogens is 150 g/mol. The van der Waals surface area contributed by atoms with Gasteiger partial charge in [-0.25, -0.2) is 0 Å². The van der Waals surface area contributed by atoms with Gasteiger partial charge in [0.15, 0.2) is 0 Å². The Hall–Kier alpha value is -0.0800. The summed E-state index contributed by atoms with van der Waals surface area (Å²) in [6.45, 7) is 7.62. The first kappa shape index (κ1) is 10.0. The first-order valence-electron chi connectivity index (χ1n) is 4.97. The van der Waals surface area contributed by atoms with Crippen LogP contribution in [0.3, 0.4) is 0 Å². The molecule has 0 aliphatic carbocycles. The molecule has 1 unspecified atom stereocenters. The molecule has 2 atom stereocenters. The predicted octanol–water partition coefficient (Wildman–Crippen LogP) is 1.89. The van der Waals surface area contributed by atoms with E-state index in [2.05, 4.69) is 32.7 Å². The van der Waals surface area contributed by atoms with Crippen LogP contribution < -0.4 is 0 Å². The zero-order valence-corrected chi connectivity index (χ0v) is 8.71. The molecule has 72 valence electrons. The number of likely N-dealkylation sites (tertiary alicyclic amines) is 1. The van der Waals surface area contributed by atoms with Crippen molar-refractivity contribution in [1.29, 1.82) is 0 Å². The lowest BCUT2D eigenvalue weighted by atomic mass is 10.1. The molecule has 0 saturated carbocycles. The Kier molecular flexibility index (Phi) is 3.53. The summed E-state index contributed by atoms with van der Waals surface area (Å²) in [5, 5.41) is 0. The molecule has 0 aromatic rings. The summed E-state index contributed by atoms with van der Waals surface area (Å²) in [5.41, 5.74) is 0. The van der Waals surface area contributed by atoms with Gasteiger partial charge in [-0.05, 0) is 47.2 Å². The molecule has 0 amide bonds. The Labute approximate surface area is 75.9 Å². The van der Waals surface area contributed by atoms with Crippen LogP contribution >= 0.6 is 0 Å². The van der Waals surface area contributed by atoms with E-state index in [9.17, 15) is 0 Å². The molecule has 0 radical (unpaired) electrons. The minimum absolute atomic E-state index is 0.356. The lowest BCUT2D eigenvalue weighted by Gasteiger charge is -2.27. The fourth-order valence-corrected chi connectivity index (χ4v) is 2.05. The second-order valence-electron chi connectivity index (χ2n) is 4.08. The van der Waals surface area contributed by atoms with E-state index in [4.69, 9.17) is 4.74 Å². The van der Waals surface area contributed by atoms with E-state index in [1.54, 1.807) is 0 Å². The highest BCUT2D eigenvalue weighted by atomic mass is 16.5. The Balaban J connectivity index is 2.35. The molecule has 0 N–H and O–H groups in total. The molecule has 12 heavy (non-hydrogen) atoms. The molecule has 0 aromatic carbocycles. The van der Waals surface area contributed by atoms with Gasteiger partial charge in [-0.15, -0.1) is 0 Å². The van der Waals surface area contributed by atoms with E-state index in [1.165, 1.54) is 19.4 Å². The summed E-state index contributed by atoms with van der Waals surface area (Å²) in [5.74, 6) is 0. The third-order valence-electron chi connectivity index (χ3n) is 2.61. The number of likely N-dealkylation sites (N-methyl/N-ethyl adjacent to an activating group) is 1. The maximum atomic E-state index is 5.76. The molecule has 1 saturated heterocycles. The summed E-state index contributed by atoms with van der Waals surface area (Å²) >= 11 is 0. The van der Waals surface area contributed by atoms with Crippen LogP contribution in [0.1, 0.15) is 33.6 Å². The van der Waals surface area contributed by atoms with Gasteiger partial charge in [-0.1, -0.05) is 0 Å². The van der Waals surface area contributed by atoms with E-state index in [0.717, 1.165) is 0 Å². The van der Waals surface area contributed by atoms with Gasteiger partial charge >= 0.3 is 0 Å². The SMILES string of the molecule is CC(C)O[C@@H](C)C1CCCN1C. The minimum Gasteiger partial charge on any atom is -0.374 e. The third kappa shape index (κ3) is 2.46. The van der Waals surface area contributed by atoms with E-state index in [0.29, 0.717) is 18.2 Å². The first-order valence-corrected chi connectivity index (χ1v) is 4.97. The van der Waals surface area contributed by atoms with Crippen molar-refractivity contribution in [2.75, 3.05) is 13.6 Å². The van der Waals surface area contributed by atoms with Crippen LogP contribution in [0, 0.1) is 0 Å². The molecule has 1 fully saturated rings. The maximum Gasteiger partial charge on any atom is 0.0705 e. The highest BCUT2D eigenvalue weighted by molar-refractivity contribution is 4.81.